The van der Waals surface area contributed by atoms with Crippen LogP contribution in [0.25, 0.3) is 0 Å². The van der Waals surface area contributed by atoms with Gasteiger partial charge in [0.15, 0.2) is 5.78 Å². The van der Waals surface area contributed by atoms with Gasteiger partial charge in [-0.25, -0.2) is 0 Å². The monoisotopic (exact) mass is 262 g/mol. The highest BCUT2D eigenvalue weighted by molar-refractivity contribution is 7.10. The zero-order chi connectivity index (χ0) is 13.1. The minimum atomic E-state index is 0.168. The lowest BCUT2D eigenvalue weighted by atomic mass is 10.2. The standard InChI is InChI=1S/C14H18N2OS/c1-11(14-5-4-8-18-14)16(3)10-13(17)12-6-7-15(2)9-12/h4-9,11H,10H2,1-3H3. The molecule has 0 aliphatic carbocycles. The Kier molecular flexibility index (Phi) is 3.99. The Labute approximate surface area is 112 Å². The summed E-state index contributed by atoms with van der Waals surface area (Å²) in [6, 6.07) is 6.30. The summed E-state index contributed by atoms with van der Waals surface area (Å²) in [5, 5.41) is 2.07. The first kappa shape index (κ1) is 13.1. The third-order valence-corrected chi connectivity index (χ3v) is 4.21. The number of aryl methyl sites for hydroxylation is 1. The Morgan fingerprint density at radius 3 is 2.83 bits per heavy atom. The lowest BCUT2D eigenvalue weighted by molar-refractivity contribution is 0.0926. The molecule has 0 bridgehead atoms. The molecule has 2 rings (SSSR count). The van der Waals surface area contributed by atoms with Gasteiger partial charge in [-0.2, -0.15) is 0 Å². The van der Waals surface area contributed by atoms with Crippen LogP contribution in [0.5, 0.6) is 0 Å². The van der Waals surface area contributed by atoms with Crippen LogP contribution in [-0.2, 0) is 7.05 Å². The molecule has 18 heavy (non-hydrogen) atoms. The van der Waals surface area contributed by atoms with E-state index < -0.39 is 0 Å². The molecule has 0 saturated carbocycles. The molecule has 4 heteroatoms. The molecule has 0 amide bonds. The van der Waals surface area contributed by atoms with Gasteiger partial charge in [-0.15, -0.1) is 11.3 Å². The summed E-state index contributed by atoms with van der Waals surface area (Å²) in [5.74, 6) is 0.168. The van der Waals surface area contributed by atoms with E-state index >= 15 is 0 Å². The van der Waals surface area contributed by atoms with Crippen LogP contribution in [-0.4, -0.2) is 28.8 Å². The number of aromatic nitrogens is 1. The quantitative estimate of drug-likeness (QED) is 0.774. The van der Waals surface area contributed by atoms with E-state index in [1.807, 2.05) is 43.2 Å². The first-order valence-electron chi connectivity index (χ1n) is 5.96. The third kappa shape index (κ3) is 2.89. The normalized spacial score (nSPS) is 12.9. The molecule has 0 N–H and O–H groups in total. The van der Waals surface area contributed by atoms with E-state index in [-0.39, 0.29) is 11.8 Å². The smallest absolute Gasteiger partial charge is 0.178 e. The summed E-state index contributed by atoms with van der Waals surface area (Å²) < 4.78 is 1.90. The molecule has 1 atom stereocenters. The lowest BCUT2D eigenvalue weighted by Gasteiger charge is -2.22. The van der Waals surface area contributed by atoms with Gasteiger partial charge in [-0.05, 0) is 31.5 Å². The first-order chi connectivity index (χ1) is 8.58. The summed E-state index contributed by atoms with van der Waals surface area (Å²) in [6.07, 6.45) is 3.77. The molecule has 0 fully saturated rings. The highest BCUT2D eigenvalue weighted by Gasteiger charge is 2.16. The van der Waals surface area contributed by atoms with Crippen molar-refractivity contribution in [1.82, 2.24) is 9.47 Å². The van der Waals surface area contributed by atoms with Gasteiger partial charge in [-0.1, -0.05) is 6.07 Å². The molecule has 0 spiro atoms. The van der Waals surface area contributed by atoms with Crippen molar-refractivity contribution in [2.75, 3.05) is 13.6 Å². The Morgan fingerprint density at radius 2 is 2.28 bits per heavy atom. The number of thiophene rings is 1. The fraction of sp³-hybridized carbons (Fsp3) is 0.357. The van der Waals surface area contributed by atoms with E-state index in [0.717, 1.165) is 5.56 Å². The van der Waals surface area contributed by atoms with E-state index in [9.17, 15) is 4.79 Å². The van der Waals surface area contributed by atoms with Gasteiger partial charge in [0.1, 0.15) is 0 Å². The number of Topliss-reactive ketones (excluding diaryl/α,β-unsaturated/α-hetero) is 1. The summed E-state index contributed by atoms with van der Waals surface area (Å²) >= 11 is 1.73. The highest BCUT2D eigenvalue weighted by atomic mass is 32.1. The van der Waals surface area contributed by atoms with Gasteiger partial charge in [0.25, 0.3) is 0 Å². The van der Waals surface area contributed by atoms with E-state index in [2.05, 4.69) is 23.3 Å². The number of nitrogens with zero attached hydrogens (tertiary/aromatic N) is 2. The minimum absolute atomic E-state index is 0.168. The van der Waals surface area contributed by atoms with Crippen molar-refractivity contribution >= 4 is 17.1 Å². The average Bonchev–Trinajstić information content (AvgIpc) is 2.98. The van der Waals surface area contributed by atoms with Crippen LogP contribution in [0, 0.1) is 0 Å². The Morgan fingerprint density at radius 1 is 1.50 bits per heavy atom. The van der Waals surface area contributed by atoms with Crippen LogP contribution >= 0.6 is 11.3 Å². The average molecular weight is 262 g/mol. The maximum atomic E-state index is 12.1. The predicted octanol–water partition coefficient (Wildman–Crippen LogP) is 2.96. The molecule has 2 aromatic heterocycles. The molecule has 2 aromatic rings. The molecule has 96 valence electrons. The number of rotatable bonds is 5. The highest BCUT2D eigenvalue weighted by Crippen LogP contribution is 2.23. The van der Waals surface area contributed by atoms with Crippen molar-refractivity contribution in [3.63, 3.8) is 0 Å². The largest absolute Gasteiger partial charge is 0.357 e. The van der Waals surface area contributed by atoms with E-state index in [1.54, 1.807) is 11.3 Å². The molecular weight excluding hydrogens is 244 g/mol. The fourth-order valence-electron chi connectivity index (χ4n) is 1.87. The van der Waals surface area contributed by atoms with Crippen molar-refractivity contribution in [1.29, 1.82) is 0 Å². The summed E-state index contributed by atoms with van der Waals surface area (Å²) in [5.41, 5.74) is 0.780. The minimum Gasteiger partial charge on any atom is -0.357 e. The van der Waals surface area contributed by atoms with Crippen LogP contribution in [0.2, 0.25) is 0 Å². The van der Waals surface area contributed by atoms with Crippen LogP contribution in [0.3, 0.4) is 0 Å². The van der Waals surface area contributed by atoms with Crippen molar-refractivity contribution < 1.29 is 4.79 Å². The molecule has 0 radical (unpaired) electrons. The molecular formula is C14H18N2OS. The van der Waals surface area contributed by atoms with Crippen LogP contribution < -0.4 is 0 Å². The number of ketones is 1. The summed E-state index contributed by atoms with van der Waals surface area (Å²) in [6.45, 7) is 2.58. The number of carbonyl (C=O) groups excluding carboxylic acids is 1. The molecule has 0 aliphatic heterocycles. The summed E-state index contributed by atoms with van der Waals surface area (Å²) in [4.78, 5) is 15.5. The number of hydrogen-bond acceptors (Lipinski definition) is 3. The van der Waals surface area contributed by atoms with Gasteiger partial charge in [0.05, 0.1) is 6.54 Å². The molecule has 3 nitrogen and oxygen atoms in total. The predicted molar refractivity (Wildman–Crippen MR) is 75.1 cm³/mol. The second-order valence-electron chi connectivity index (χ2n) is 4.60. The molecule has 2 heterocycles. The van der Waals surface area contributed by atoms with E-state index in [1.165, 1.54) is 4.88 Å². The van der Waals surface area contributed by atoms with Gasteiger partial charge in [0.2, 0.25) is 0 Å². The van der Waals surface area contributed by atoms with Gasteiger partial charge >= 0.3 is 0 Å². The molecule has 0 saturated heterocycles. The molecule has 1 unspecified atom stereocenters. The first-order valence-corrected chi connectivity index (χ1v) is 6.84. The van der Waals surface area contributed by atoms with Crippen LogP contribution in [0.1, 0.15) is 28.2 Å². The fourth-order valence-corrected chi connectivity index (χ4v) is 2.72. The number of likely N-dealkylation sites (N-methyl/N-ethyl adjacent to an activating group) is 1. The second kappa shape index (κ2) is 5.50. The maximum Gasteiger partial charge on any atom is 0.178 e. The number of hydrogen-bond donors (Lipinski definition) is 0. The molecule has 0 aliphatic rings. The van der Waals surface area contributed by atoms with Crippen molar-refractivity contribution in [3.05, 3.63) is 46.4 Å². The SMILES string of the molecule is CC(c1cccs1)N(C)CC(=O)c1ccn(C)c1. The Bertz CT molecular complexity index is 516. The van der Waals surface area contributed by atoms with E-state index in [4.69, 9.17) is 0 Å². The van der Waals surface area contributed by atoms with Crippen LogP contribution in [0.15, 0.2) is 36.0 Å². The van der Waals surface area contributed by atoms with E-state index in [0.29, 0.717) is 6.54 Å². The van der Waals surface area contributed by atoms with Crippen molar-refractivity contribution in [2.45, 2.75) is 13.0 Å². The van der Waals surface area contributed by atoms with Gasteiger partial charge < -0.3 is 4.57 Å². The van der Waals surface area contributed by atoms with Crippen LogP contribution in [0.4, 0.5) is 0 Å². The third-order valence-electron chi connectivity index (χ3n) is 3.16. The van der Waals surface area contributed by atoms with Crippen molar-refractivity contribution in [2.24, 2.45) is 7.05 Å². The second-order valence-corrected chi connectivity index (χ2v) is 5.57. The summed E-state index contributed by atoms with van der Waals surface area (Å²) in [7, 11) is 3.92. The van der Waals surface area contributed by atoms with Gasteiger partial charge in [-0.3, -0.25) is 9.69 Å². The topological polar surface area (TPSA) is 25.2 Å². The molecule has 0 aromatic carbocycles. The Balaban J connectivity index is 1.99. The zero-order valence-electron chi connectivity index (χ0n) is 11.0. The lowest BCUT2D eigenvalue weighted by Crippen LogP contribution is -2.28. The number of carbonyl (C=O) groups is 1. The zero-order valence-corrected chi connectivity index (χ0v) is 11.8. The maximum absolute atomic E-state index is 12.1. The van der Waals surface area contributed by atoms with Gasteiger partial charge in [0, 0.05) is 35.9 Å². The Hall–Kier alpha value is -1.39. The van der Waals surface area contributed by atoms with Crippen molar-refractivity contribution in [3.8, 4) is 0 Å².